The fourth-order valence-corrected chi connectivity index (χ4v) is 9.10. The van der Waals surface area contributed by atoms with Crippen molar-refractivity contribution in [2.75, 3.05) is 0 Å². The van der Waals surface area contributed by atoms with Gasteiger partial charge in [-0.2, -0.15) is 0 Å². The van der Waals surface area contributed by atoms with E-state index >= 15 is 0 Å². The van der Waals surface area contributed by atoms with Gasteiger partial charge in [0.15, 0.2) is 0 Å². The molecule has 0 bridgehead atoms. The van der Waals surface area contributed by atoms with E-state index in [0.29, 0.717) is 12.8 Å². The predicted molar refractivity (Wildman–Crippen MR) is 117 cm³/mol. The molecule has 1 aromatic rings. The maximum atomic E-state index is 12.1. The molecule has 0 unspecified atom stereocenters. The van der Waals surface area contributed by atoms with Gasteiger partial charge in [-0.3, -0.25) is 4.79 Å². The Bertz CT molecular complexity index is 1030. The van der Waals surface area contributed by atoms with Crippen LogP contribution >= 0.6 is 0 Å². The Morgan fingerprint density at radius 1 is 1.09 bits per heavy atom. The lowest BCUT2D eigenvalue weighted by molar-refractivity contribution is -0.224. The van der Waals surface area contributed by atoms with Gasteiger partial charge in [0.05, 0.1) is 18.0 Å². The zero-order chi connectivity index (χ0) is 23.4. The van der Waals surface area contributed by atoms with Crippen LogP contribution in [0.15, 0.2) is 27.6 Å². The fraction of sp³-hybridized carbons (Fsp3) is 0.769. The van der Waals surface area contributed by atoms with Crippen molar-refractivity contribution in [3.63, 3.8) is 0 Å². The zero-order valence-electron chi connectivity index (χ0n) is 19.6. The second-order valence-corrected chi connectivity index (χ2v) is 11.8. The monoisotopic (exact) mass is 458 g/mol. The minimum atomic E-state index is -0.850. The van der Waals surface area contributed by atoms with E-state index in [1.807, 2.05) is 0 Å². The van der Waals surface area contributed by atoms with Crippen LogP contribution in [0.1, 0.15) is 77.2 Å². The molecule has 5 aliphatic rings. The lowest BCUT2D eigenvalue weighted by Gasteiger charge is -2.63. The summed E-state index contributed by atoms with van der Waals surface area (Å²) in [6, 6.07) is 3.23. The topological polar surface area (TPSA) is 110 Å². The number of ether oxygens (including phenoxy) is 2. The van der Waals surface area contributed by atoms with Crippen LogP contribution < -0.4 is 5.63 Å². The van der Waals surface area contributed by atoms with E-state index in [1.165, 1.54) is 19.3 Å². The van der Waals surface area contributed by atoms with Crippen LogP contribution in [0.2, 0.25) is 0 Å². The van der Waals surface area contributed by atoms with Crippen LogP contribution in [0.5, 0.6) is 0 Å². The normalized spacial score (nSPS) is 52.2. The lowest BCUT2D eigenvalue weighted by Crippen LogP contribution is -2.65. The summed E-state index contributed by atoms with van der Waals surface area (Å²) in [6.45, 7) is 5.89. The molecule has 2 heterocycles. The van der Waals surface area contributed by atoms with Crippen molar-refractivity contribution < 1.29 is 28.9 Å². The third-order valence-corrected chi connectivity index (χ3v) is 10.6. The molecular formula is C26H34O7. The SMILES string of the molecule is CC(=O)O[C@H]1[C@@H]2O[C@]23[C@H]2CC[C@@]4(O)C[C@@H](O)CC[C@]4(C)[C@@H]2CC[C@]3(C)[C@H]1c1ccc(=O)oc1. The van der Waals surface area contributed by atoms with Crippen LogP contribution in [0.4, 0.5) is 0 Å². The molecule has 0 aromatic carbocycles. The van der Waals surface area contributed by atoms with Gasteiger partial charge in [-0.15, -0.1) is 0 Å². The molecule has 0 amide bonds. The molecule has 7 heteroatoms. The van der Waals surface area contributed by atoms with Gasteiger partial charge in [0.25, 0.3) is 0 Å². The summed E-state index contributed by atoms with van der Waals surface area (Å²) in [5.74, 6) is 0.0816. The van der Waals surface area contributed by atoms with Gasteiger partial charge in [0.2, 0.25) is 0 Å². The van der Waals surface area contributed by atoms with Crippen LogP contribution in [0.3, 0.4) is 0 Å². The largest absolute Gasteiger partial charge is 0.459 e. The second kappa shape index (κ2) is 6.70. The van der Waals surface area contributed by atoms with Gasteiger partial charge in [-0.05, 0) is 67.4 Å². The molecule has 1 aromatic heterocycles. The van der Waals surface area contributed by atoms with Crippen molar-refractivity contribution in [3.8, 4) is 0 Å². The van der Waals surface area contributed by atoms with Crippen LogP contribution in [-0.2, 0) is 14.3 Å². The van der Waals surface area contributed by atoms with Crippen molar-refractivity contribution in [2.45, 2.75) is 101 Å². The first-order valence-corrected chi connectivity index (χ1v) is 12.4. The molecule has 1 saturated heterocycles. The quantitative estimate of drug-likeness (QED) is 0.518. The maximum absolute atomic E-state index is 12.1. The number of carbonyl (C=O) groups excluding carboxylic acids is 1. The van der Waals surface area contributed by atoms with Gasteiger partial charge >= 0.3 is 11.6 Å². The van der Waals surface area contributed by atoms with E-state index in [0.717, 1.165) is 37.7 Å². The average molecular weight is 459 g/mol. The summed E-state index contributed by atoms with van der Waals surface area (Å²) in [5, 5.41) is 22.0. The van der Waals surface area contributed by atoms with E-state index in [4.69, 9.17) is 13.9 Å². The second-order valence-electron chi connectivity index (χ2n) is 11.8. The minimum absolute atomic E-state index is 0.118. The highest BCUT2D eigenvalue weighted by atomic mass is 16.7. The Morgan fingerprint density at radius 3 is 2.52 bits per heavy atom. The predicted octanol–water partition coefficient (Wildman–Crippen LogP) is 2.91. The highest BCUT2D eigenvalue weighted by Crippen LogP contribution is 2.78. The summed E-state index contributed by atoms with van der Waals surface area (Å²) in [7, 11) is 0. The van der Waals surface area contributed by atoms with E-state index in [9.17, 15) is 19.8 Å². The van der Waals surface area contributed by atoms with Crippen LogP contribution in [0, 0.1) is 22.7 Å². The molecular weight excluding hydrogens is 424 g/mol. The number of rotatable bonds is 2. The molecule has 4 aliphatic carbocycles. The first-order chi connectivity index (χ1) is 15.6. The number of hydrogen-bond acceptors (Lipinski definition) is 7. The van der Waals surface area contributed by atoms with Crippen LogP contribution in [0.25, 0.3) is 0 Å². The highest BCUT2D eigenvalue weighted by Gasteiger charge is 2.85. The summed E-state index contributed by atoms with van der Waals surface area (Å²) >= 11 is 0. The third-order valence-electron chi connectivity index (χ3n) is 10.6. The van der Waals surface area contributed by atoms with Crippen molar-refractivity contribution in [1.82, 2.24) is 0 Å². The fourth-order valence-electron chi connectivity index (χ4n) is 9.10. The van der Waals surface area contributed by atoms with E-state index in [1.54, 1.807) is 6.07 Å². The Morgan fingerprint density at radius 2 is 1.82 bits per heavy atom. The minimum Gasteiger partial charge on any atom is -0.459 e. The number of fused-ring (bicyclic) bond motifs is 3. The molecule has 33 heavy (non-hydrogen) atoms. The Labute approximate surface area is 193 Å². The first-order valence-electron chi connectivity index (χ1n) is 12.4. The molecule has 0 radical (unpaired) electrons. The summed E-state index contributed by atoms with van der Waals surface area (Å²) in [4.78, 5) is 23.7. The molecule has 6 rings (SSSR count). The van der Waals surface area contributed by atoms with Gasteiger partial charge in [0.1, 0.15) is 17.8 Å². The number of aliphatic hydroxyl groups excluding tert-OH is 1. The van der Waals surface area contributed by atoms with Gasteiger partial charge in [-0.1, -0.05) is 13.8 Å². The van der Waals surface area contributed by atoms with Gasteiger partial charge in [-0.25, -0.2) is 4.79 Å². The molecule has 1 spiro atoms. The number of esters is 1. The molecule has 4 saturated carbocycles. The standard InChI is InChI=1S/C26H34O7/c1-14(27)32-21-20(15-4-5-19(29)31-13-15)24(3)10-7-17-18(26(24)22(21)33-26)8-11-25(30)12-16(28)6-9-23(17,25)2/h4-5,13,16-18,20-22,28,30H,6-12H2,1-3H3/t16-,17+,18-,20-,21+,22-,23+,24+,25+,26+/m0/s1. The molecule has 7 nitrogen and oxygen atoms in total. The number of epoxide rings is 1. The number of hydrogen-bond donors (Lipinski definition) is 2. The highest BCUT2D eigenvalue weighted by molar-refractivity contribution is 5.66. The Hall–Kier alpha value is -1.70. The average Bonchev–Trinajstić information content (AvgIpc) is 3.45. The lowest BCUT2D eigenvalue weighted by atomic mass is 9.42. The molecule has 1 aliphatic heterocycles. The molecule has 2 N–H and O–H groups in total. The van der Waals surface area contributed by atoms with Crippen molar-refractivity contribution >= 4 is 5.97 Å². The molecule has 10 atom stereocenters. The van der Waals surface area contributed by atoms with E-state index < -0.39 is 29.0 Å². The maximum Gasteiger partial charge on any atom is 0.335 e. The number of aliphatic hydroxyl groups is 2. The Kier molecular flexibility index (Phi) is 4.43. The van der Waals surface area contributed by atoms with Gasteiger partial charge < -0.3 is 24.1 Å². The first kappa shape index (κ1) is 21.8. The smallest absolute Gasteiger partial charge is 0.335 e. The van der Waals surface area contributed by atoms with Crippen LogP contribution in [-0.4, -0.2) is 45.7 Å². The van der Waals surface area contributed by atoms with Crippen molar-refractivity contribution in [2.24, 2.45) is 22.7 Å². The number of carbonyl (C=O) groups is 1. The van der Waals surface area contributed by atoms with Crippen molar-refractivity contribution in [1.29, 1.82) is 0 Å². The van der Waals surface area contributed by atoms with E-state index in [-0.39, 0.29) is 40.7 Å². The summed E-state index contributed by atoms with van der Waals surface area (Å²) in [6.07, 6.45) is 5.74. The summed E-state index contributed by atoms with van der Waals surface area (Å²) < 4.78 is 17.7. The van der Waals surface area contributed by atoms with Gasteiger partial charge in [0, 0.05) is 30.7 Å². The molecule has 5 fully saturated rings. The summed E-state index contributed by atoms with van der Waals surface area (Å²) in [5.41, 5.74) is -1.34. The Balaban J connectivity index is 1.42. The third kappa shape index (κ3) is 2.62. The van der Waals surface area contributed by atoms with E-state index in [2.05, 4.69) is 13.8 Å². The zero-order valence-corrected chi connectivity index (χ0v) is 19.6. The molecule has 180 valence electrons. The van der Waals surface area contributed by atoms with Crippen molar-refractivity contribution in [3.05, 3.63) is 34.4 Å².